The second-order valence-electron chi connectivity index (χ2n) is 6.28. The van der Waals surface area contributed by atoms with Crippen LogP contribution in [0.1, 0.15) is 31.4 Å². The van der Waals surface area contributed by atoms with E-state index in [1.807, 2.05) is 19.1 Å². The molecule has 140 valence electrons. The van der Waals surface area contributed by atoms with Gasteiger partial charge >= 0.3 is 0 Å². The van der Waals surface area contributed by atoms with Crippen LogP contribution in [0.2, 0.25) is 0 Å². The van der Waals surface area contributed by atoms with Crippen molar-refractivity contribution >= 4 is 15.9 Å². The predicted molar refractivity (Wildman–Crippen MR) is 95.2 cm³/mol. The molecule has 1 aromatic carbocycles. The summed E-state index contributed by atoms with van der Waals surface area (Å²) >= 11 is 0. The fourth-order valence-corrected chi connectivity index (χ4v) is 3.86. The quantitative estimate of drug-likeness (QED) is 0.821. The molecule has 1 aliphatic heterocycles. The first-order chi connectivity index (χ1) is 11.8. The zero-order valence-electron chi connectivity index (χ0n) is 15.1. The molecule has 1 aliphatic rings. The minimum Gasteiger partial charge on any atom is -0.493 e. The van der Waals surface area contributed by atoms with E-state index in [2.05, 4.69) is 5.32 Å². The highest BCUT2D eigenvalue weighted by molar-refractivity contribution is 7.88. The van der Waals surface area contributed by atoms with Crippen LogP contribution in [0.15, 0.2) is 18.2 Å². The molecular weight excluding hydrogens is 344 g/mol. The summed E-state index contributed by atoms with van der Waals surface area (Å²) in [5, 5.41) is 3.00. The van der Waals surface area contributed by atoms with Gasteiger partial charge in [-0.15, -0.1) is 0 Å². The highest BCUT2D eigenvalue weighted by atomic mass is 32.2. The number of benzene rings is 1. The monoisotopic (exact) mass is 370 g/mol. The summed E-state index contributed by atoms with van der Waals surface area (Å²) in [6.45, 7) is 2.69. The number of hydrogen-bond acceptors (Lipinski definition) is 5. The van der Waals surface area contributed by atoms with E-state index in [-0.39, 0.29) is 17.9 Å². The predicted octanol–water partition coefficient (Wildman–Crippen LogP) is 1.55. The van der Waals surface area contributed by atoms with Gasteiger partial charge in [0.05, 0.1) is 26.5 Å². The molecule has 0 bridgehead atoms. The fourth-order valence-electron chi connectivity index (χ4n) is 2.99. The lowest BCUT2D eigenvalue weighted by molar-refractivity contribution is -0.126. The second-order valence-corrected chi connectivity index (χ2v) is 8.26. The maximum atomic E-state index is 12.5. The van der Waals surface area contributed by atoms with Crippen molar-refractivity contribution in [3.63, 3.8) is 0 Å². The Morgan fingerprint density at radius 3 is 2.32 bits per heavy atom. The van der Waals surface area contributed by atoms with Crippen LogP contribution in [0.5, 0.6) is 11.5 Å². The van der Waals surface area contributed by atoms with Crippen molar-refractivity contribution in [2.24, 2.45) is 5.92 Å². The van der Waals surface area contributed by atoms with Gasteiger partial charge < -0.3 is 14.8 Å². The minimum atomic E-state index is -3.18. The molecule has 0 spiro atoms. The first kappa shape index (κ1) is 19.5. The summed E-state index contributed by atoms with van der Waals surface area (Å²) in [7, 11) is -0.0346. The van der Waals surface area contributed by atoms with Crippen LogP contribution in [0, 0.1) is 5.92 Å². The normalized spacial score (nSPS) is 17.8. The van der Waals surface area contributed by atoms with Crippen molar-refractivity contribution < 1.29 is 22.7 Å². The highest BCUT2D eigenvalue weighted by Gasteiger charge is 2.29. The Morgan fingerprint density at radius 1 is 1.20 bits per heavy atom. The molecule has 0 aliphatic carbocycles. The van der Waals surface area contributed by atoms with E-state index in [0.717, 1.165) is 5.56 Å². The number of sulfonamides is 1. The number of nitrogens with one attached hydrogen (secondary N) is 1. The van der Waals surface area contributed by atoms with Crippen LogP contribution >= 0.6 is 0 Å². The van der Waals surface area contributed by atoms with Gasteiger partial charge in [-0.3, -0.25) is 4.79 Å². The Bertz CT molecular complexity index is 712. The van der Waals surface area contributed by atoms with Crippen LogP contribution in [-0.2, 0) is 14.8 Å². The number of amides is 1. The Hall–Kier alpha value is -1.80. The molecule has 8 heteroatoms. The number of methoxy groups -OCH3 is 2. The molecule has 1 saturated heterocycles. The molecular formula is C17H26N2O5S. The first-order valence-corrected chi connectivity index (χ1v) is 10.1. The number of nitrogens with zero attached hydrogens (tertiary/aromatic N) is 1. The standard InChI is InChI=1S/C17H26N2O5S/c1-12(14-5-6-15(23-2)16(11-14)24-3)18-17(20)13-7-9-19(10-8-13)25(4,21)22/h5-6,11-13H,7-10H2,1-4H3,(H,18,20). The molecule has 1 aromatic rings. The van der Waals surface area contributed by atoms with Crippen molar-refractivity contribution in [3.05, 3.63) is 23.8 Å². The van der Waals surface area contributed by atoms with Crippen LogP contribution in [0.4, 0.5) is 0 Å². The summed E-state index contributed by atoms with van der Waals surface area (Å²) < 4.78 is 35.0. The summed E-state index contributed by atoms with van der Waals surface area (Å²) in [6, 6.07) is 5.36. The SMILES string of the molecule is COc1ccc(C(C)NC(=O)C2CCN(S(C)(=O)=O)CC2)cc1OC. The van der Waals surface area contributed by atoms with Crippen molar-refractivity contribution in [1.82, 2.24) is 9.62 Å². The third kappa shape index (κ3) is 4.85. The molecule has 1 atom stereocenters. The van der Waals surface area contributed by atoms with E-state index >= 15 is 0 Å². The number of piperidine rings is 1. The largest absolute Gasteiger partial charge is 0.493 e. The maximum absolute atomic E-state index is 12.5. The van der Waals surface area contributed by atoms with E-state index in [1.54, 1.807) is 20.3 Å². The molecule has 7 nitrogen and oxygen atoms in total. The van der Waals surface area contributed by atoms with Crippen LogP contribution < -0.4 is 14.8 Å². The van der Waals surface area contributed by atoms with Crippen molar-refractivity contribution in [2.75, 3.05) is 33.6 Å². The van der Waals surface area contributed by atoms with Gasteiger partial charge in [-0.1, -0.05) is 6.07 Å². The number of ether oxygens (including phenoxy) is 2. The number of carbonyl (C=O) groups excluding carboxylic acids is 1. The van der Waals surface area contributed by atoms with Gasteiger partial charge in [0.1, 0.15) is 0 Å². The zero-order valence-corrected chi connectivity index (χ0v) is 15.9. The highest BCUT2D eigenvalue weighted by Crippen LogP contribution is 2.30. The number of carbonyl (C=O) groups is 1. The fraction of sp³-hybridized carbons (Fsp3) is 0.588. The lowest BCUT2D eigenvalue weighted by Crippen LogP contribution is -2.43. The van der Waals surface area contributed by atoms with Crippen molar-refractivity contribution in [2.45, 2.75) is 25.8 Å². The molecule has 0 radical (unpaired) electrons. The minimum absolute atomic E-state index is 0.0459. The summed E-state index contributed by atoms with van der Waals surface area (Å²) in [5.74, 6) is 1.04. The van der Waals surface area contributed by atoms with Gasteiger partial charge in [0.25, 0.3) is 0 Å². The molecule has 1 heterocycles. The van der Waals surface area contributed by atoms with Crippen LogP contribution in [0.3, 0.4) is 0 Å². The van der Waals surface area contributed by atoms with E-state index in [4.69, 9.17) is 9.47 Å². The van der Waals surface area contributed by atoms with Gasteiger partial charge in [0.15, 0.2) is 11.5 Å². The Labute approximate surface area is 149 Å². The average Bonchev–Trinajstić information content (AvgIpc) is 2.60. The van der Waals surface area contributed by atoms with E-state index in [9.17, 15) is 13.2 Å². The lowest BCUT2D eigenvalue weighted by Gasteiger charge is -2.30. The van der Waals surface area contributed by atoms with Crippen LogP contribution in [0.25, 0.3) is 0 Å². The van der Waals surface area contributed by atoms with Crippen LogP contribution in [-0.4, -0.2) is 52.2 Å². The van der Waals surface area contributed by atoms with Gasteiger partial charge in [0.2, 0.25) is 15.9 Å². The summed E-state index contributed by atoms with van der Waals surface area (Å²) in [6.07, 6.45) is 2.28. The van der Waals surface area contributed by atoms with E-state index < -0.39 is 10.0 Å². The van der Waals surface area contributed by atoms with Gasteiger partial charge in [-0.2, -0.15) is 0 Å². The molecule has 1 N–H and O–H groups in total. The second kappa shape index (κ2) is 8.05. The maximum Gasteiger partial charge on any atom is 0.223 e. The summed E-state index contributed by atoms with van der Waals surface area (Å²) in [4.78, 5) is 12.5. The van der Waals surface area contributed by atoms with E-state index in [1.165, 1.54) is 10.6 Å². The lowest BCUT2D eigenvalue weighted by atomic mass is 9.96. The Morgan fingerprint density at radius 2 is 1.80 bits per heavy atom. The Balaban J connectivity index is 1.97. The third-order valence-corrected chi connectivity index (χ3v) is 5.86. The first-order valence-electron chi connectivity index (χ1n) is 8.23. The molecule has 1 fully saturated rings. The number of rotatable bonds is 6. The zero-order chi connectivity index (χ0) is 18.6. The molecule has 0 aromatic heterocycles. The molecule has 2 rings (SSSR count). The van der Waals surface area contributed by atoms with Gasteiger partial charge in [0, 0.05) is 19.0 Å². The Kier molecular flexibility index (Phi) is 6.29. The van der Waals surface area contributed by atoms with Crippen molar-refractivity contribution in [3.8, 4) is 11.5 Å². The number of hydrogen-bond donors (Lipinski definition) is 1. The van der Waals surface area contributed by atoms with Gasteiger partial charge in [-0.05, 0) is 37.5 Å². The molecule has 0 saturated carbocycles. The molecule has 25 heavy (non-hydrogen) atoms. The van der Waals surface area contributed by atoms with E-state index in [0.29, 0.717) is 37.4 Å². The van der Waals surface area contributed by atoms with Crippen molar-refractivity contribution in [1.29, 1.82) is 0 Å². The molecule has 1 unspecified atom stereocenters. The van der Waals surface area contributed by atoms with Gasteiger partial charge in [-0.25, -0.2) is 12.7 Å². The third-order valence-electron chi connectivity index (χ3n) is 4.56. The summed E-state index contributed by atoms with van der Waals surface area (Å²) in [5.41, 5.74) is 0.916. The topological polar surface area (TPSA) is 84.9 Å². The molecule has 1 amide bonds. The average molecular weight is 370 g/mol. The smallest absolute Gasteiger partial charge is 0.223 e.